The van der Waals surface area contributed by atoms with Gasteiger partial charge < -0.3 is 10.2 Å². The second-order valence-corrected chi connectivity index (χ2v) is 6.66. The molecule has 0 spiro atoms. The Labute approximate surface area is 149 Å². The van der Waals surface area contributed by atoms with E-state index in [1.54, 1.807) is 12.3 Å². The van der Waals surface area contributed by atoms with E-state index in [1.165, 1.54) is 18.4 Å². The van der Waals surface area contributed by atoms with Crippen LogP contribution in [0.25, 0.3) is 0 Å². The lowest BCUT2D eigenvalue weighted by Gasteiger charge is -2.35. The Morgan fingerprint density at radius 2 is 2.20 bits per heavy atom. The summed E-state index contributed by atoms with van der Waals surface area (Å²) in [5, 5.41) is 2.95. The van der Waals surface area contributed by atoms with Gasteiger partial charge in [0, 0.05) is 25.3 Å². The van der Waals surface area contributed by atoms with E-state index in [4.69, 9.17) is 0 Å². The Morgan fingerprint density at radius 1 is 1.32 bits per heavy atom. The van der Waals surface area contributed by atoms with Gasteiger partial charge in [-0.1, -0.05) is 36.8 Å². The molecule has 1 atom stereocenters. The summed E-state index contributed by atoms with van der Waals surface area (Å²) in [6.45, 7) is 5.71. The molecule has 0 radical (unpaired) electrons. The van der Waals surface area contributed by atoms with Crippen LogP contribution in [0.1, 0.15) is 54.2 Å². The summed E-state index contributed by atoms with van der Waals surface area (Å²) in [5.41, 5.74) is 2.70. The first kappa shape index (κ1) is 17.4. The Hall–Kier alpha value is -2.43. The number of rotatable bonds is 5. The molecule has 1 fully saturated rings. The van der Waals surface area contributed by atoms with E-state index >= 15 is 0 Å². The predicted octanol–water partition coefficient (Wildman–Crippen LogP) is 3.48. The number of aryl methyl sites for hydroxylation is 1. The summed E-state index contributed by atoms with van der Waals surface area (Å²) in [6, 6.07) is 10.3. The van der Waals surface area contributed by atoms with Crippen molar-refractivity contribution in [2.24, 2.45) is 0 Å². The van der Waals surface area contributed by atoms with Gasteiger partial charge >= 0.3 is 0 Å². The maximum absolute atomic E-state index is 12.5. The average molecular weight is 338 g/mol. The molecule has 1 saturated heterocycles. The van der Waals surface area contributed by atoms with Crippen molar-refractivity contribution >= 4 is 11.9 Å². The number of hydrogen-bond donors (Lipinski definition) is 1. The van der Waals surface area contributed by atoms with E-state index < -0.39 is 0 Å². The van der Waals surface area contributed by atoms with Gasteiger partial charge in [0.1, 0.15) is 5.69 Å². The third kappa shape index (κ3) is 4.35. The number of anilines is 1. The van der Waals surface area contributed by atoms with Gasteiger partial charge in [-0.3, -0.25) is 4.79 Å². The van der Waals surface area contributed by atoms with E-state index in [1.807, 2.05) is 25.1 Å². The van der Waals surface area contributed by atoms with E-state index in [2.05, 4.69) is 33.2 Å². The zero-order valence-electron chi connectivity index (χ0n) is 15.0. The molecular formula is C20H26N4O. The van der Waals surface area contributed by atoms with E-state index in [0.29, 0.717) is 24.2 Å². The molecule has 25 heavy (non-hydrogen) atoms. The monoisotopic (exact) mass is 338 g/mol. The number of carbonyl (C=O) groups is 1. The summed E-state index contributed by atoms with van der Waals surface area (Å²) >= 11 is 0. The quantitative estimate of drug-likeness (QED) is 0.907. The first-order valence-electron chi connectivity index (χ1n) is 9.11. The van der Waals surface area contributed by atoms with Gasteiger partial charge in [-0.2, -0.15) is 0 Å². The van der Waals surface area contributed by atoms with Gasteiger partial charge in [-0.15, -0.1) is 0 Å². The number of benzene rings is 1. The highest BCUT2D eigenvalue weighted by Gasteiger charge is 2.23. The molecule has 1 aromatic carbocycles. The molecule has 1 aliphatic rings. The van der Waals surface area contributed by atoms with Crippen LogP contribution in [0.4, 0.5) is 5.95 Å². The highest BCUT2D eigenvalue weighted by Crippen LogP contribution is 2.23. The van der Waals surface area contributed by atoms with Crippen molar-refractivity contribution in [2.75, 3.05) is 11.4 Å². The third-order valence-electron chi connectivity index (χ3n) is 4.77. The molecule has 0 saturated carbocycles. The second-order valence-electron chi connectivity index (χ2n) is 6.66. The molecule has 1 amide bonds. The molecule has 2 heterocycles. The van der Waals surface area contributed by atoms with E-state index in [0.717, 1.165) is 24.9 Å². The minimum Gasteiger partial charge on any atom is -0.347 e. The first-order valence-corrected chi connectivity index (χ1v) is 9.11. The molecule has 1 unspecified atom stereocenters. The molecule has 1 aliphatic heterocycles. The van der Waals surface area contributed by atoms with Crippen LogP contribution in [0.5, 0.6) is 0 Å². The zero-order chi connectivity index (χ0) is 17.6. The number of amides is 1. The minimum atomic E-state index is -0.157. The normalized spacial score (nSPS) is 17.4. The summed E-state index contributed by atoms with van der Waals surface area (Å²) in [4.78, 5) is 23.7. The average Bonchev–Trinajstić information content (AvgIpc) is 2.66. The topological polar surface area (TPSA) is 58.1 Å². The summed E-state index contributed by atoms with van der Waals surface area (Å²) in [5.74, 6) is 0.518. The third-order valence-corrected chi connectivity index (χ3v) is 4.77. The molecule has 0 bridgehead atoms. The molecule has 3 rings (SSSR count). The van der Waals surface area contributed by atoms with Crippen molar-refractivity contribution in [2.45, 2.75) is 52.1 Å². The SMILES string of the molecule is CCC1CCCCN1c1nccc(C(=O)NCc2cccc(C)c2)n1. The predicted molar refractivity (Wildman–Crippen MR) is 99.7 cm³/mol. The lowest BCUT2D eigenvalue weighted by atomic mass is 10.0. The molecule has 2 aromatic rings. The molecule has 5 heteroatoms. The van der Waals surface area contributed by atoms with Crippen LogP contribution < -0.4 is 10.2 Å². The maximum atomic E-state index is 12.5. The lowest BCUT2D eigenvalue weighted by molar-refractivity contribution is 0.0945. The van der Waals surface area contributed by atoms with Crippen LogP contribution in [0.2, 0.25) is 0 Å². The molecular weight excluding hydrogens is 312 g/mol. The van der Waals surface area contributed by atoms with Crippen molar-refractivity contribution in [3.05, 3.63) is 53.3 Å². The summed E-state index contributed by atoms with van der Waals surface area (Å²) in [7, 11) is 0. The van der Waals surface area contributed by atoms with Crippen LogP contribution in [-0.4, -0.2) is 28.5 Å². The van der Waals surface area contributed by atoms with Crippen LogP contribution in [0.15, 0.2) is 36.5 Å². The summed E-state index contributed by atoms with van der Waals surface area (Å²) in [6.07, 6.45) is 6.34. The van der Waals surface area contributed by atoms with Crippen LogP contribution in [-0.2, 0) is 6.54 Å². The van der Waals surface area contributed by atoms with Crippen molar-refractivity contribution in [1.82, 2.24) is 15.3 Å². The largest absolute Gasteiger partial charge is 0.347 e. The number of piperidine rings is 1. The Balaban J connectivity index is 1.69. The van der Waals surface area contributed by atoms with E-state index in [-0.39, 0.29) is 5.91 Å². The number of carbonyl (C=O) groups excluding carboxylic acids is 1. The number of nitrogens with one attached hydrogen (secondary N) is 1. The van der Waals surface area contributed by atoms with Gasteiger partial charge in [0.2, 0.25) is 5.95 Å². The Kier molecular flexibility index (Phi) is 5.64. The Bertz CT molecular complexity index is 731. The van der Waals surface area contributed by atoms with Crippen molar-refractivity contribution in [3.8, 4) is 0 Å². The summed E-state index contributed by atoms with van der Waals surface area (Å²) < 4.78 is 0. The standard InChI is InChI=1S/C20H26N4O/c1-3-17-9-4-5-12-24(17)20-21-11-10-18(23-20)19(25)22-14-16-8-6-7-15(2)13-16/h6-8,10-11,13,17H,3-5,9,12,14H2,1-2H3,(H,22,25). The zero-order valence-corrected chi connectivity index (χ0v) is 15.0. The molecule has 0 aliphatic carbocycles. The minimum absolute atomic E-state index is 0.157. The van der Waals surface area contributed by atoms with Gasteiger partial charge in [0.15, 0.2) is 0 Å². The number of aromatic nitrogens is 2. The number of nitrogens with zero attached hydrogens (tertiary/aromatic N) is 3. The highest BCUT2D eigenvalue weighted by molar-refractivity contribution is 5.92. The Morgan fingerprint density at radius 3 is 3.00 bits per heavy atom. The van der Waals surface area contributed by atoms with Gasteiger partial charge in [0.05, 0.1) is 0 Å². The van der Waals surface area contributed by atoms with Crippen molar-refractivity contribution in [1.29, 1.82) is 0 Å². The van der Waals surface area contributed by atoms with Crippen molar-refractivity contribution < 1.29 is 4.79 Å². The molecule has 5 nitrogen and oxygen atoms in total. The first-order chi connectivity index (χ1) is 12.2. The van der Waals surface area contributed by atoms with Gasteiger partial charge in [0.25, 0.3) is 5.91 Å². The smallest absolute Gasteiger partial charge is 0.270 e. The fourth-order valence-corrected chi connectivity index (χ4v) is 3.40. The highest BCUT2D eigenvalue weighted by atomic mass is 16.1. The van der Waals surface area contributed by atoms with Gasteiger partial charge in [-0.05, 0) is 44.2 Å². The fourth-order valence-electron chi connectivity index (χ4n) is 3.40. The van der Waals surface area contributed by atoms with Crippen LogP contribution in [0, 0.1) is 6.92 Å². The molecule has 132 valence electrons. The second kappa shape index (κ2) is 8.10. The van der Waals surface area contributed by atoms with Crippen molar-refractivity contribution in [3.63, 3.8) is 0 Å². The van der Waals surface area contributed by atoms with E-state index in [9.17, 15) is 4.79 Å². The lowest BCUT2D eigenvalue weighted by Crippen LogP contribution is -2.40. The van der Waals surface area contributed by atoms with Crippen LogP contribution in [0.3, 0.4) is 0 Å². The fraction of sp³-hybridized carbons (Fsp3) is 0.450. The molecule has 1 aromatic heterocycles. The van der Waals surface area contributed by atoms with Crippen LogP contribution >= 0.6 is 0 Å². The maximum Gasteiger partial charge on any atom is 0.270 e. The number of hydrogen-bond acceptors (Lipinski definition) is 4. The van der Waals surface area contributed by atoms with Gasteiger partial charge in [-0.25, -0.2) is 9.97 Å². The molecule has 1 N–H and O–H groups in total.